The molecule has 0 aromatic carbocycles. The van der Waals surface area contributed by atoms with Gasteiger partial charge in [0.05, 0.1) is 0 Å². The highest BCUT2D eigenvalue weighted by molar-refractivity contribution is 5.78. The SMILES string of the molecule is O=CC1CCC(=O)NC1. The van der Waals surface area contributed by atoms with Gasteiger partial charge in [0, 0.05) is 18.9 Å². The number of rotatable bonds is 1. The second kappa shape index (κ2) is 2.62. The average Bonchev–Trinajstić information content (AvgIpc) is 1.90. The minimum atomic E-state index is 0.0581. The van der Waals surface area contributed by atoms with Crippen molar-refractivity contribution in [1.29, 1.82) is 0 Å². The summed E-state index contributed by atoms with van der Waals surface area (Å²) in [6.07, 6.45) is 2.12. The Morgan fingerprint density at radius 1 is 1.67 bits per heavy atom. The van der Waals surface area contributed by atoms with Gasteiger partial charge in [-0.15, -0.1) is 0 Å². The van der Waals surface area contributed by atoms with Gasteiger partial charge in [-0.2, -0.15) is 0 Å². The van der Waals surface area contributed by atoms with E-state index in [4.69, 9.17) is 0 Å². The van der Waals surface area contributed by atoms with Crippen LogP contribution in [0.2, 0.25) is 0 Å². The molecule has 0 radical (unpaired) electrons. The van der Waals surface area contributed by atoms with Crippen molar-refractivity contribution >= 4 is 12.2 Å². The normalized spacial score (nSPS) is 27.1. The largest absolute Gasteiger partial charge is 0.355 e. The van der Waals surface area contributed by atoms with Crippen LogP contribution in [0.4, 0.5) is 0 Å². The van der Waals surface area contributed by atoms with Crippen molar-refractivity contribution in [3.63, 3.8) is 0 Å². The molecule has 1 N–H and O–H groups in total. The highest BCUT2D eigenvalue weighted by atomic mass is 16.1. The monoisotopic (exact) mass is 127 g/mol. The van der Waals surface area contributed by atoms with Crippen LogP contribution in [0.5, 0.6) is 0 Å². The molecule has 3 heteroatoms. The van der Waals surface area contributed by atoms with Gasteiger partial charge in [0.15, 0.2) is 0 Å². The minimum absolute atomic E-state index is 0.0581. The van der Waals surface area contributed by atoms with E-state index in [1.54, 1.807) is 0 Å². The van der Waals surface area contributed by atoms with Crippen molar-refractivity contribution in [2.45, 2.75) is 12.8 Å². The zero-order valence-corrected chi connectivity index (χ0v) is 5.09. The van der Waals surface area contributed by atoms with E-state index in [1.807, 2.05) is 0 Å². The smallest absolute Gasteiger partial charge is 0.220 e. The van der Waals surface area contributed by atoms with Crippen LogP contribution in [0.3, 0.4) is 0 Å². The zero-order chi connectivity index (χ0) is 6.69. The second-order valence-corrected chi connectivity index (χ2v) is 2.24. The molecule has 1 aliphatic heterocycles. The van der Waals surface area contributed by atoms with Gasteiger partial charge in [0.2, 0.25) is 5.91 Å². The third-order valence-electron chi connectivity index (χ3n) is 1.50. The average molecular weight is 127 g/mol. The number of nitrogens with one attached hydrogen (secondary N) is 1. The third-order valence-corrected chi connectivity index (χ3v) is 1.50. The molecule has 1 saturated heterocycles. The molecule has 1 unspecified atom stereocenters. The Morgan fingerprint density at radius 2 is 2.44 bits per heavy atom. The molecule has 1 heterocycles. The number of hydrogen-bond donors (Lipinski definition) is 1. The minimum Gasteiger partial charge on any atom is -0.355 e. The van der Waals surface area contributed by atoms with Crippen LogP contribution < -0.4 is 5.32 Å². The van der Waals surface area contributed by atoms with Crippen molar-refractivity contribution in [2.75, 3.05) is 6.54 Å². The predicted molar refractivity (Wildman–Crippen MR) is 31.8 cm³/mol. The molecular formula is C6H9NO2. The molecule has 9 heavy (non-hydrogen) atoms. The molecule has 0 aromatic heterocycles. The molecule has 0 spiro atoms. The lowest BCUT2D eigenvalue weighted by Crippen LogP contribution is -2.35. The van der Waals surface area contributed by atoms with E-state index in [0.717, 1.165) is 12.7 Å². The standard InChI is InChI=1S/C6H9NO2/c8-4-5-1-2-6(9)7-3-5/h4-5H,1-3H2,(H,7,9). The van der Waals surface area contributed by atoms with E-state index in [1.165, 1.54) is 0 Å². The van der Waals surface area contributed by atoms with Crippen LogP contribution in [-0.2, 0) is 9.59 Å². The maximum Gasteiger partial charge on any atom is 0.220 e. The summed E-state index contributed by atoms with van der Waals surface area (Å²) in [5.74, 6) is 0.121. The summed E-state index contributed by atoms with van der Waals surface area (Å²) in [6, 6.07) is 0. The molecule has 0 aliphatic carbocycles. The molecule has 0 bridgehead atoms. The number of piperidine rings is 1. The Balaban J connectivity index is 2.34. The number of hydrogen-bond acceptors (Lipinski definition) is 2. The lowest BCUT2D eigenvalue weighted by Gasteiger charge is -2.16. The maximum atomic E-state index is 10.5. The highest BCUT2D eigenvalue weighted by Crippen LogP contribution is 2.06. The summed E-state index contributed by atoms with van der Waals surface area (Å²) < 4.78 is 0. The van der Waals surface area contributed by atoms with Gasteiger partial charge in [-0.25, -0.2) is 0 Å². The van der Waals surface area contributed by atoms with Crippen LogP contribution in [0.1, 0.15) is 12.8 Å². The Bertz CT molecular complexity index is 123. The summed E-state index contributed by atoms with van der Waals surface area (Å²) in [4.78, 5) is 20.6. The first-order valence-corrected chi connectivity index (χ1v) is 3.05. The Kier molecular flexibility index (Phi) is 1.82. The fraction of sp³-hybridized carbons (Fsp3) is 0.667. The topological polar surface area (TPSA) is 46.2 Å². The van der Waals surface area contributed by atoms with Gasteiger partial charge in [-0.1, -0.05) is 0 Å². The van der Waals surface area contributed by atoms with Gasteiger partial charge in [-0.05, 0) is 6.42 Å². The Labute approximate surface area is 53.4 Å². The summed E-state index contributed by atoms with van der Waals surface area (Å²) >= 11 is 0. The van der Waals surface area contributed by atoms with Crippen LogP contribution in [0.25, 0.3) is 0 Å². The van der Waals surface area contributed by atoms with E-state index in [9.17, 15) is 9.59 Å². The highest BCUT2D eigenvalue weighted by Gasteiger charge is 2.15. The molecular weight excluding hydrogens is 118 g/mol. The number of carbonyl (C=O) groups is 2. The molecule has 1 aliphatic rings. The molecule has 1 rings (SSSR count). The molecule has 1 amide bonds. The van der Waals surface area contributed by atoms with Crippen molar-refractivity contribution in [3.8, 4) is 0 Å². The molecule has 0 saturated carbocycles. The summed E-state index contributed by atoms with van der Waals surface area (Å²) in [5.41, 5.74) is 0. The third kappa shape index (κ3) is 1.52. The first-order valence-electron chi connectivity index (χ1n) is 3.05. The number of amides is 1. The Hall–Kier alpha value is -0.860. The number of aldehydes is 1. The van der Waals surface area contributed by atoms with E-state index in [2.05, 4.69) is 5.32 Å². The van der Waals surface area contributed by atoms with Crippen LogP contribution in [-0.4, -0.2) is 18.7 Å². The van der Waals surface area contributed by atoms with Gasteiger partial charge in [0.1, 0.15) is 6.29 Å². The fourth-order valence-corrected chi connectivity index (χ4v) is 0.868. The molecule has 1 fully saturated rings. The molecule has 0 aromatic rings. The first-order chi connectivity index (χ1) is 4.33. The fourth-order valence-electron chi connectivity index (χ4n) is 0.868. The Morgan fingerprint density at radius 3 is 2.89 bits per heavy atom. The van der Waals surface area contributed by atoms with Crippen LogP contribution >= 0.6 is 0 Å². The van der Waals surface area contributed by atoms with Crippen molar-refractivity contribution < 1.29 is 9.59 Å². The van der Waals surface area contributed by atoms with Gasteiger partial charge in [0.25, 0.3) is 0 Å². The second-order valence-electron chi connectivity index (χ2n) is 2.24. The van der Waals surface area contributed by atoms with Crippen molar-refractivity contribution in [2.24, 2.45) is 5.92 Å². The first kappa shape index (κ1) is 6.26. The lowest BCUT2D eigenvalue weighted by molar-refractivity contribution is -0.124. The molecule has 1 atom stereocenters. The van der Waals surface area contributed by atoms with Gasteiger partial charge >= 0.3 is 0 Å². The van der Waals surface area contributed by atoms with E-state index in [0.29, 0.717) is 13.0 Å². The summed E-state index contributed by atoms with van der Waals surface area (Å²) in [5, 5.41) is 2.61. The van der Waals surface area contributed by atoms with Gasteiger partial charge < -0.3 is 10.1 Å². The van der Waals surface area contributed by atoms with Crippen molar-refractivity contribution in [3.05, 3.63) is 0 Å². The number of carbonyl (C=O) groups excluding carboxylic acids is 2. The molecule has 3 nitrogen and oxygen atoms in total. The zero-order valence-electron chi connectivity index (χ0n) is 5.09. The van der Waals surface area contributed by atoms with E-state index in [-0.39, 0.29) is 11.8 Å². The lowest BCUT2D eigenvalue weighted by atomic mass is 10.0. The van der Waals surface area contributed by atoms with Crippen LogP contribution in [0.15, 0.2) is 0 Å². The summed E-state index contributed by atoms with van der Waals surface area (Å²) in [6.45, 7) is 0.530. The molecule has 50 valence electrons. The van der Waals surface area contributed by atoms with Crippen molar-refractivity contribution in [1.82, 2.24) is 5.32 Å². The maximum absolute atomic E-state index is 10.5. The van der Waals surface area contributed by atoms with E-state index >= 15 is 0 Å². The quantitative estimate of drug-likeness (QED) is 0.492. The predicted octanol–water partition coefficient (Wildman–Crippen LogP) is -0.288. The van der Waals surface area contributed by atoms with E-state index < -0.39 is 0 Å². The summed E-state index contributed by atoms with van der Waals surface area (Å²) in [7, 11) is 0. The van der Waals surface area contributed by atoms with Crippen LogP contribution in [0, 0.1) is 5.92 Å². The van der Waals surface area contributed by atoms with Gasteiger partial charge in [-0.3, -0.25) is 4.79 Å².